The van der Waals surface area contributed by atoms with Crippen LogP contribution < -0.4 is 5.32 Å². The molecule has 1 N–H and O–H groups in total. The molecule has 1 nitrogen and oxygen atoms in total. The van der Waals surface area contributed by atoms with Crippen molar-refractivity contribution >= 4 is 34.7 Å². The van der Waals surface area contributed by atoms with Crippen LogP contribution in [0.1, 0.15) is 22.9 Å². The van der Waals surface area contributed by atoms with Gasteiger partial charge in [0.2, 0.25) is 0 Å². The Morgan fingerprint density at radius 2 is 2.29 bits per heavy atom. The third kappa shape index (κ3) is 3.77. The zero-order chi connectivity index (χ0) is 12.5. The molecule has 1 unspecified atom stereocenters. The molecular weight excluding hydrogens is 291 g/mol. The Hall–Kier alpha value is 0.0900. The Bertz CT molecular complexity index is 391. The first-order valence-corrected chi connectivity index (χ1v) is 7.36. The normalized spacial score (nSPS) is 19.6. The van der Waals surface area contributed by atoms with E-state index in [4.69, 9.17) is 11.6 Å². The first-order chi connectivity index (χ1) is 7.96. The molecule has 1 aromatic heterocycles. The molecule has 1 heterocycles. The minimum Gasteiger partial charge on any atom is -0.309 e. The van der Waals surface area contributed by atoms with Crippen LogP contribution in [0.15, 0.2) is 6.07 Å². The van der Waals surface area contributed by atoms with Gasteiger partial charge >= 0.3 is 5.51 Å². The number of thioether (sulfide) groups is 1. The van der Waals surface area contributed by atoms with Gasteiger partial charge in [-0.25, -0.2) is 0 Å². The standard InChI is InChI=1S/C10H11ClF3NS2/c11-9-5-6-7(1-2-8(6)17-9)15-3-4-16-10(12,13)14/h5,7,15H,1-4H2. The number of rotatable bonds is 4. The molecule has 1 aliphatic carbocycles. The largest absolute Gasteiger partial charge is 0.441 e. The van der Waals surface area contributed by atoms with Crippen LogP contribution in [0.25, 0.3) is 0 Å². The number of thiophene rings is 1. The van der Waals surface area contributed by atoms with Crippen molar-refractivity contribution in [2.75, 3.05) is 12.3 Å². The highest BCUT2D eigenvalue weighted by molar-refractivity contribution is 8.00. The molecule has 1 aliphatic rings. The molecule has 17 heavy (non-hydrogen) atoms. The highest BCUT2D eigenvalue weighted by atomic mass is 35.5. The van der Waals surface area contributed by atoms with Gasteiger partial charge in [-0.3, -0.25) is 0 Å². The molecule has 0 radical (unpaired) electrons. The van der Waals surface area contributed by atoms with Gasteiger partial charge in [0.1, 0.15) is 0 Å². The minimum absolute atomic E-state index is 0.0175. The van der Waals surface area contributed by atoms with Gasteiger partial charge in [-0.1, -0.05) is 11.6 Å². The lowest BCUT2D eigenvalue weighted by atomic mass is 10.2. The molecule has 7 heteroatoms. The van der Waals surface area contributed by atoms with Gasteiger partial charge in [0.15, 0.2) is 0 Å². The van der Waals surface area contributed by atoms with E-state index in [1.54, 1.807) is 11.3 Å². The van der Waals surface area contributed by atoms with E-state index in [2.05, 4.69) is 5.32 Å². The molecule has 0 saturated heterocycles. The quantitative estimate of drug-likeness (QED) is 0.835. The Morgan fingerprint density at radius 1 is 1.53 bits per heavy atom. The molecule has 0 fully saturated rings. The van der Waals surface area contributed by atoms with E-state index < -0.39 is 5.51 Å². The molecule has 0 bridgehead atoms. The number of hydrogen-bond donors (Lipinski definition) is 1. The lowest BCUT2D eigenvalue weighted by Gasteiger charge is -2.13. The monoisotopic (exact) mass is 301 g/mol. The first kappa shape index (κ1) is 13.5. The van der Waals surface area contributed by atoms with Crippen molar-refractivity contribution in [1.82, 2.24) is 5.32 Å². The summed E-state index contributed by atoms with van der Waals surface area (Å²) in [4.78, 5) is 1.26. The average Bonchev–Trinajstić information content (AvgIpc) is 2.71. The van der Waals surface area contributed by atoms with Crippen LogP contribution in [0.5, 0.6) is 0 Å². The maximum absolute atomic E-state index is 11.9. The topological polar surface area (TPSA) is 12.0 Å². The van der Waals surface area contributed by atoms with E-state index in [-0.39, 0.29) is 23.6 Å². The summed E-state index contributed by atoms with van der Waals surface area (Å²) in [6, 6.07) is 2.09. The van der Waals surface area contributed by atoms with Crippen LogP contribution in [0, 0.1) is 0 Å². The smallest absolute Gasteiger partial charge is 0.309 e. The van der Waals surface area contributed by atoms with Crippen molar-refractivity contribution in [2.24, 2.45) is 0 Å². The number of halogens is 4. The summed E-state index contributed by atoms with van der Waals surface area (Å²) in [7, 11) is 0. The minimum atomic E-state index is -4.13. The Morgan fingerprint density at radius 3 is 3.00 bits per heavy atom. The molecule has 0 amide bonds. The molecule has 0 spiro atoms. The van der Waals surface area contributed by atoms with Crippen LogP contribution in [-0.2, 0) is 6.42 Å². The van der Waals surface area contributed by atoms with E-state index in [9.17, 15) is 13.2 Å². The molecule has 0 aromatic carbocycles. The van der Waals surface area contributed by atoms with Gasteiger partial charge in [-0.15, -0.1) is 11.3 Å². The van der Waals surface area contributed by atoms with Crippen molar-refractivity contribution in [3.8, 4) is 0 Å². The van der Waals surface area contributed by atoms with Gasteiger partial charge in [0, 0.05) is 23.2 Å². The highest BCUT2D eigenvalue weighted by Gasteiger charge is 2.28. The number of alkyl halides is 3. The summed E-state index contributed by atoms with van der Waals surface area (Å²) in [5, 5.41) is 3.15. The fraction of sp³-hybridized carbons (Fsp3) is 0.600. The zero-order valence-electron chi connectivity index (χ0n) is 8.81. The van der Waals surface area contributed by atoms with E-state index in [0.717, 1.165) is 22.7 Å². The lowest BCUT2D eigenvalue weighted by Crippen LogP contribution is -2.22. The van der Waals surface area contributed by atoms with Crippen LogP contribution in [-0.4, -0.2) is 17.8 Å². The second-order valence-electron chi connectivity index (χ2n) is 3.77. The van der Waals surface area contributed by atoms with Crippen LogP contribution >= 0.6 is 34.7 Å². The maximum atomic E-state index is 11.9. The van der Waals surface area contributed by atoms with Crippen LogP contribution in [0.3, 0.4) is 0 Å². The van der Waals surface area contributed by atoms with Gasteiger partial charge in [0.25, 0.3) is 0 Å². The predicted octanol–water partition coefficient (Wildman–Crippen LogP) is 4.23. The van der Waals surface area contributed by atoms with Crippen molar-refractivity contribution in [3.05, 3.63) is 20.8 Å². The second kappa shape index (κ2) is 5.38. The molecule has 96 valence electrons. The molecule has 2 rings (SSSR count). The number of aryl methyl sites for hydroxylation is 1. The lowest BCUT2D eigenvalue weighted by molar-refractivity contribution is -0.0327. The van der Waals surface area contributed by atoms with E-state index >= 15 is 0 Å². The maximum Gasteiger partial charge on any atom is 0.441 e. The van der Waals surface area contributed by atoms with E-state index in [1.165, 1.54) is 4.88 Å². The second-order valence-corrected chi connectivity index (χ2v) is 6.70. The third-order valence-electron chi connectivity index (χ3n) is 2.61. The third-order valence-corrected chi connectivity index (χ3v) is 4.68. The van der Waals surface area contributed by atoms with E-state index in [1.807, 2.05) is 6.07 Å². The highest BCUT2D eigenvalue weighted by Crippen LogP contribution is 2.39. The van der Waals surface area contributed by atoms with Crippen molar-refractivity contribution < 1.29 is 13.2 Å². The number of fused-ring (bicyclic) bond motifs is 1. The first-order valence-electron chi connectivity index (χ1n) is 5.18. The fourth-order valence-corrected chi connectivity index (χ4v) is 3.75. The van der Waals surface area contributed by atoms with Gasteiger partial charge in [0.05, 0.1) is 4.34 Å². The van der Waals surface area contributed by atoms with Crippen molar-refractivity contribution in [2.45, 2.75) is 24.4 Å². The van der Waals surface area contributed by atoms with Gasteiger partial charge in [-0.05, 0) is 36.2 Å². The van der Waals surface area contributed by atoms with Crippen molar-refractivity contribution in [3.63, 3.8) is 0 Å². The Balaban J connectivity index is 1.78. The molecule has 0 aliphatic heterocycles. The fourth-order valence-electron chi connectivity index (χ4n) is 1.94. The summed E-state index contributed by atoms with van der Waals surface area (Å²) in [5.41, 5.74) is -2.97. The summed E-state index contributed by atoms with van der Waals surface area (Å²) in [6.07, 6.45) is 1.92. The van der Waals surface area contributed by atoms with E-state index in [0.29, 0.717) is 6.54 Å². The summed E-state index contributed by atoms with van der Waals surface area (Å²) < 4.78 is 36.5. The SMILES string of the molecule is FC(F)(F)SCCNC1CCc2sc(Cl)cc21. The zero-order valence-corrected chi connectivity index (χ0v) is 11.2. The summed E-state index contributed by atoms with van der Waals surface area (Å²) >= 11 is 7.48. The van der Waals surface area contributed by atoms with Gasteiger partial charge in [-0.2, -0.15) is 13.2 Å². The van der Waals surface area contributed by atoms with Crippen LogP contribution in [0.2, 0.25) is 4.34 Å². The molecule has 1 aromatic rings. The molecule has 1 atom stereocenters. The van der Waals surface area contributed by atoms with Crippen molar-refractivity contribution in [1.29, 1.82) is 0 Å². The summed E-state index contributed by atoms with van der Waals surface area (Å²) in [6.45, 7) is 0.363. The van der Waals surface area contributed by atoms with Gasteiger partial charge < -0.3 is 5.32 Å². The Labute approximate surface area is 111 Å². The number of hydrogen-bond acceptors (Lipinski definition) is 3. The molecule has 0 saturated carbocycles. The number of nitrogens with one attached hydrogen (secondary N) is 1. The Kier molecular flexibility index (Phi) is 4.28. The predicted molar refractivity (Wildman–Crippen MR) is 66.9 cm³/mol. The molecular formula is C10H11ClF3NS2. The van der Waals surface area contributed by atoms with Crippen LogP contribution in [0.4, 0.5) is 13.2 Å². The summed E-state index contributed by atoms with van der Waals surface area (Å²) in [5.74, 6) is 0.0488. The average molecular weight is 302 g/mol.